The molecule has 8 heteroatoms. The number of halogens is 4. The quantitative estimate of drug-likeness (QED) is 0.385. The van der Waals surface area contributed by atoms with Gasteiger partial charge in [-0.25, -0.2) is 4.39 Å². The lowest BCUT2D eigenvalue weighted by atomic mass is 9.78. The van der Waals surface area contributed by atoms with Crippen LogP contribution >= 0.6 is 0 Å². The summed E-state index contributed by atoms with van der Waals surface area (Å²) in [7, 11) is 1.80. The van der Waals surface area contributed by atoms with Crippen LogP contribution in [0.25, 0.3) is 0 Å². The first-order valence-electron chi connectivity index (χ1n) is 14.7. The summed E-state index contributed by atoms with van der Waals surface area (Å²) < 4.78 is 53.8. The molecule has 4 rings (SSSR count). The van der Waals surface area contributed by atoms with E-state index in [-0.39, 0.29) is 30.7 Å². The van der Waals surface area contributed by atoms with E-state index in [4.69, 9.17) is 0 Å². The Labute approximate surface area is 215 Å². The fraction of sp³-hybridized carbons (Fsp3) is 0.964. The molecule has 36 heavy (non-hydrogen) atoms. The number of rotatable bonds is 7. The Bertz CT molecular complexity index is 685. The zero-order chi connectivity index (χ0) is 25.7. The third-order valence-electron chi connectivity index (χ3n) is 9.64. The van der Waals surface area contributed by atoms with Crippen molar-refractivity contribution in [3.8, 4) is 0 Å². The number of carbonyl (C=O) groups excluding carboxylic acids is 1. The summed E-state index contributed by atoms with van der Waals surface area (Å²) in [5, 5.41) is 0. The van der Waals surface area contributed by atoms with E-state index in [1.165, 1.54) is 51.4 Å². The minimum Gasteiger partial charge on any atom is -0.344 e. The first-order chi connectivity index (χ1) is 17.2. The van der Waals surface area contributed by atoms with Crippen LogP contribution in [0.2, 0.25) is 0 Å². The predicted octanol–water partition coefficient (Wildman–Crippen LogP) is 6.05. The van der Waals surface area contributed by atoms with Crippen molar-refractivity contribution in [2.45, 2.75) is 114 Å². The van der Waals surface area contributed by atoms with Gasteiger partial charge in [-0.1, -0.05) is 38.5 Å². The Balaban J connectivity index is 1.34. The second-order valence-corrected chi connectivity index (χ2v) is 12.2. The molecule has 1 amide bonds. The first kappa shape index (κ1) is 28.1. The fourth-order valence-corrected chi connectivity index (χ4v) is 7.51. The van der Waals surface area contributed by atoms with Crippen LogP contribution in [0, 0.1) is 17.8 Å². The van der Waals surface area contributed by atoms with Crippen molar-refractivity contribution in [3.05, 3.63) is 0 Å². The molecule has 0 aromatic carbocycles. The largest absolute Gasteiger partial charge is 0.391 e. The van der Waals surface area contributed by atoms with E-state index < -0.39 is 24.7 Å². The van der Waals surface area contributed by atoms with E-state index in [0.717, 1.165) is 39.0 Å². The molecule has 0 aromatic rings. The summed E-state index contributed by atoms with van der Waals surface area (Å²) in [4.78, 5) is 20.6. The number of hydrogen-bond acceptors (Lipinski definition) is 3. The van der Waals surface area contributed by atoms with Crippen molar-refractivity contribution in [3.63, 3.8) is 0 Å². The minimum absolute atomic E-state index is 0.0128. The van der Waals surface area contributed by atoms with Gasteiger partial charge in [-0.2, -0.15) is 13.2 Å². The molecule has 4 atom stereocenters. The van der Waals surface area contributed by atoms with Crippen molar-refractivity contribution in [1.82, 2.24) is 14.7 Å². The predicted molar refractivity (Wildman–Crippen MR) is 134 cm³/mol. The highest BCUT2D eigenvalue weighted by atomic mass is 19.4. The molecular formula is C28H47F4N3O. The van der Waals surface area contributed by atoms with Gasteiger partial charge in [0.25, 0.3) is 0 Å². The van der Waals surface area contributed by atoms with Gasteiger partial charge in [-0.3, -0.25) is 14.6 Å². The molecule has 1 aliphatic heterocycles. The number of nitrogens with zero attached hydrogens (tertiary/aromatic N) is 3. The van der Waals surface area contributed by atoms with E-state index in [9.17, 15) is 22.4 Å². The van der Waals surface area contributed by atoms with Crippen LogP contribution < -0.4 is 0 Å². The van der Waals surface area contributed by atoms with Gasteiger partial charge in [-0.05, 0) is 63.2 Å². The van der Waals surface area contributed by atoms with Gasteiger partial charge in [-0.15, -0.1) is 0 Å². The molecule has 1 saturated heterocycles. The maximum atomic E-state index is 14.1. The molecule has 0 spiro atoms. The van der Waals surface area contributed by atoms with Gasteiger partial charge >= 0.3 is 6.18 Å². The Morgan fingerprint density at radius 3 is 2.11 bits per heavy atom. The second kappa shape index (κ2) is 12.8. The highest BCUT2D eigenvalue weighted by Gasteiger charge is 2.45. The molecule has 3 aliphatic carbocycles. The summed E-state index contributed by atoms with van der Waals surface area (Å²) >= 11 is 0. The second-order valence-electron chi connectivity index (χ2n) is 12.2. The zero-order valence-electron chi connectivity index (χ0n) is 22.2. The zero-order valence-corrected chi connectivity index (χ0v) is 22.2. The van der Waals surface area contributed by atoms with Crippen LogP contribution in [0.15, 0.2) is 0 Å². The average Bonchev–Trinajstić information content (AvgIpc) is 2.88. The van der Waals surface area contributed by atoms with Gasteiger partial charge in [0, 0.05) is 45.8 Å². The van der Waals surface area contributed by atoms with Crippen LogP contribution in [0.5, 0.6) is 0 Å². The molecule has 0 radical (unpaired) electrons. The lowest BCUT2D eigenvalue weighted by Crippen LogP contribution is -2.59. The molecule has 0 aromatic heterocycles. The Morgan fingerprint density at radius 2 is 1.50 bits per heavy atom. The van der Waals surface area contributed by atoms with Gasteiger partial charge in [0.1, 0.15) is 6.17 Å². The van der Waals surface area contributed by atoms with E-state index in [2.05, 4.69) is 9.80 Å². The summed E-state index contributed by atoms with van der Waals surface area (Å²) in [6.45, 7) is 4.27. The van der Waals surface area contributed by atoms with Crippen molar-refractivity contribution in [2.75, 3.05) is 39.8 Å². The first-order valence-corrected chi connectivity index (χ1v) is 14.7. The third-order valence-corrected chi connectivity index (χ3v) is 9.64. The molecule has 3 saturated carbocycles. The van der Waals surface area contributed by atoms with Gasteiger partial charge in [0.2, 0.25) is 5.91 Å². The number of carbonyl (C=O) groups is 1. The van der Waals surface area contributed by atoms with E-state index in [0.29, 0.717) is 24.9 Å². The smallest absolute Gasteiger partial charge is 0.344 e. The number of amides is 1. The Hall–Kier alpha value is -0.890. The van der Waals surface area contributed by atoms with Crippen molar-refractivity contribution < 1.29 is 22.4 Å². The summed E-state index contributed by atoms with van der Waals surface area (Å²) in [5.41, 5.74) is 0. The lowest BCUT2D eigenvalue weighted by molar-refractivity contribution is -0.191. The van der Waals surface area contributed by atoms with Gasteiger partial charge < -0.3 is 4.90 Å². The molecular weight excluding hydrogens is 470 g/mol. The van der Waals surface area contributed by atoms with Crippen molar-refractivity contribution in [2.24, 2.45) is 17.8 Å². The van der Waals surface area contributed by atoms with E-state index >= 15 is 0 Å². The third kappa shape index (κ3) is 7.36. The minimum atomic E-state index is -4.34. The normalized spacial score (nSPS) is 31.3. The number of likely N-dealkylation sites (N-methyl/N-ethyl adjacent to an activating group) is 1. The fourth-order valence-electron chi connectivity index (χ4n) is 7.51. The number of alkyl halides is 4. The SMILES string of the molecule is CN(CCC1CC(F)CC(C(F)(F)F)C1)C(=O)C(C1CCCCC1)N1CCN(C2CCCCC2)CC1. The summed E-state index contributed by atoms with van der Waals surface area (Å²) in [6, 6.07) is 0.565. The van der Waals surface area contributed by atoms with Gasteiger partial charge in [0.05, 0.1) is 12.0 Å². The topological polar surface area (TPSA) is 26.8 Å². The van der Waals surface area contributed by atoms with Crippen molar-refractivity contribution in [1.29, 1.82) is 0 Å². The Morgan fingerprint density at radius 1 is 0.889 bits per heavy atom. The molecule has 4 nitrogen and oxygen atoms in total. The molecule has 0 bridgehead atoms. The molecule has 208 valence electrons. The average molecular weight is 518 g/mol. The monoisotopic (exact) mass is 517 g/mol. The van der Waals surface area contributed by atoms with E-state index in [1.54, 1.807) is 11.9 Å². The maximum Gasteiger partial charge on any atom is 0.391 e. The van der Waals surface area contributed by atoms with Crippen molar-refractivity contribution >= 4 is 5.91 Å². The molecule has 4 unspecified atom stereocenters. The van der Waals surface area contributed by atoms with Crippen LogP contribution in [0.4, 0.5) is 17.6 Å². The summed E-state index contributed by atoms with van der Waals surface area (Å²) in [5.74, 6) is -1.40. The van der Waals surface area contributed by atoms with Gasteiger partial charge in [0.15, 0.2) is 0 Å². The van der Waals surface area contributed by atoms with Crippen LogP contribution in [-0.4, -0.2) is 84.8 Å². The maximum absolute atomic E-state index is 14.1. The molecule has 4 fully saturated rings. The number of hydrogen-bond donors (Lipinski definition) is 0. The molecule has 0 N–H and O–H groups in total. The van der Waals surface area contributed by atoms with Crippen LogP contribution in [-0.2, 0) is 4.79 Å². The summed E-state index contributed by atoms with van der Waals surface area (Å²) in [6.07, 6.45) is 6.78. The molecule has 4 aliphatic rings. The number of piperazine rings is 1. The highest BCUT2D eigenvalue weighted by Crippen LogP contribution is 2.42. The highest BCUT2D eigenvalue weighted by molar-refractivity contribution is 5.82. The standard InChI is InChI=1S/C28H47F4N3O/c1-33(13-12-21-18-23(28(30,31)32)20-24(29)19-21)27(36)26(22-8-4-2-5-9-22)35-16-14-34(15-17-35)25-10-6-3-7-11-25/h21-26H,2-20H2,1H3. The van der Waals surface area contributed by atoms with Crippen LogP contribution in [0.1, 0.15) is 89.9 Å². The van der Waals surface area contributed by atoms with E-state index in [1.807, 2.05) is 0 Å². The lowest BCUT2D eigenvalue weighted by Gasteiger charge is -2.46. The molecule has 1 heterocycles. The Kier molecular flexibility index (Phi) is 9.98. The van der Waals surface area contributed by atoms with Crippen LogP contribution in [0.3, 0.4) is 0 Å².